The summed E-state index contributed by atoms with van der Waals surface area (Å²) in [5.41, 5.74) is 1.19. The van der Waals surface area contributed by atoms with Gasteiger partial charge in [-0.15, -0.1) is 0 Å². The van der Waals surface area contributed by atoms with Gasteiger partial charge in [0.2, 0.25) is 0 Å². The normalized spacial score (nSPS) is 24.0. The van der Waals surface area contributed by atoms with E-state index in [1.54, 1.807) is 11.3 Å². The third kappa shape index (κ3) is 2.93. The lowest BCUT2D eigenvalue weighted by Gasteiger charge is -2.44. The van der Waals surface area contributed by atoms with Gasteiger partial charge >= 0.3 is 5.97 Å². The van der Waals surface area contributed by atoms with E-state index in [-0.39, 0.29) is 11.5 Å². The van der Waals surface area contributed by atoms with Crippen LogP contribution < -0.4 is 0 Å². The van der Waals surface area contributed by atoms with Crippen LogP contribution in [0.15, 0.2) is 16.8 Å². The lowest BCUT2D eigenvalue weighted by Crippen LogP contribution is -2.54. The van der Waals surface area contributed by atoms with Crippen molar-refractivity contribution in [1.29, 1.82) is 0 Å². The van der Waals surface area contributed by atoms with E-state index in [2.05, 4.69) is 35.6 Å². The average molecular weight is 267 g/mol. The fraction of sp³-hybridized carbons (Fsp3) is 0.643. The molecule has 0 aliphatic carbocycles. The van der Waals surface area contributed by atoms with Crippen molar-refractivity contribution in [2.45, 2.75) is 39.2 Å². The zero-order valence-electron chi connectivity index (χ0n) is 11.1. The van der Waals surface area contributed by atoms with Gasteiger partial charge in [0, 0.05) is 6.54 Å². The van der Waals surface area contributed by atoms with Crippen LogP contribution in [-0.2, 0) is 11.2 Å². The Morgan fingerprint density at radius 1 is 1.61 bits per heavy atom. The molecule has 0 amide bonds. The minimum absolute atomic E-state index is 0.126. The molecule has 1 N–H and O–H groups in total. The van der Waals surface area contributed by atoms with Gasteiger partial charge in [-0.05, 0) is 53.6 Å². The number of rotatable bonds is 4. The van der Waals surface area contributed by atoms with E-state index < -0.39 is 5.97 Å². The van der Waals surface area contributed by atoms with Crippen molar-refractivity contribution < 1.29 is 9.90 Å². The molecule has 2 rings (SSSR count). The van der Waals surface area contributed by atoms with E-state index >= 15 is 0 Å². The number of hydrogen-bond donors (Lipinski definition) is 1. The maximum Gasteiger partial charge on any atom is 0.321 e. The summed E-state index contributed by atoms with van der Waals surface area (Å²) < 4.78 is 0. The van der Waals surface area contributed by atoms with Crippen molar-refractivity contribution >= 4 is 17.3 Å². The summed E-state index contributed by atoms with van der Waals surface area (Å²) in [6.45, 7) is 5.90. The second-order valence-corrected chi connectivity index (χ2v) is 6.53. The minimum Gasteiger partial charge on any atom is -0.480 e. The Hall–Kier alpha value is -0.870. The monoisotopic (exact) mass is 267 g/mol. The van der Waals surface area contributed by atoms with Gasteiger partial charge in [-0.25, -0.2) is 0 Å². The first-order valence-corrected chi connectivity index (χ1v) is 7.43. The van der Waals surface area contributed by atoms with E-state index in [9.17, 15) is 9.90 Å². The Kier molecular flexibility index (Phi) is 4.07. The lowest BCUT2D eigenvalue weighted by atomic mass is 9.76. The molecule has 1 aliphatic heterocycles. The SMILES string of the molecule is CC1(C)CCCN(CCc2ccsc2)C1C(=O)O. The first-order valence-electron chi connectivity index (χ1n) is 6.48. The molecule has 3 nitrogen and oxygen atoms in total. The molecule has 1 aromatic heterocycles. The van der Waals surface area contributed by atoms with Crippen LogP contribution >= 0.6 is 11.3 Å². The van der Waals surface area contributed by atoms with Gasteiger partial charge < -0.3 is 5.11 Å². The van der Waals surface area contributed by atoms with Crippen molar-refractivity contribution in [3.05, 3.63) is 22.4 Å². The molecule has 1 aliphatic rings. The molecule has 1 aromatic rings. The summed E-state index contributed by atoms with van der Waals surface area (Å²) in [6.07, 6.45) is 3.04. The molecule has 0 saturated carbocycles. The van der Waals surface area contributed by atoms with Crippen molar-refractivity contribution in [2.24, 2.45) is 5.41 Å². The molecule has 1 saturated heterocycles. The molecule has 0 bridgehead atoms. The first kappa shape index (κ1) is 13.6. The number of thiophene rings is 1. The molecule has 4 heteroatoms. The highest BCUT2D eigenvalue weighted by Gasteiger charge is 2.41. The zero-order valence-corrected chi connectivity index (χ0v) is 11.9. The maximum absolute atomic E-state index is 11.5. The Bertz CT molecular complexity index is 400. The Labute approximate surface area is 112 Å². The minimum atomic E-state index is -0.676. The van der Waals surface area contributed by atoms with Gasteiger partial charge in [0.15, 0.2) is 0 Å². The molecule has 1 atom stereocenters. The van der Waals surface area contributed by atoms with Crippen LogP contribution in [0.4, 0.5) is 0 Å². The van der Waals surface area contributed by atoms with Crippen molar-refractivity contribution in [2.75, 3.05) is 13.1 Å². The summed E-state index contributed by atoms with van der Waals surface area (Å²) in [6, 6.07) is 1.78. The molecule has 0 spiro atoms. The second kappa shape index (κ2) is 5.41. The highest BCUT2D eigenvalue weighted by molar-refractivity contribution is 7.07. The molecule has 100 valence electrons. The number of likely N-dealkylation sites (tertiary alicyclic amines) is 1. The fourth-order valence-electron chi connectivity index (χ4n) is 2.94. The molecule has 0 aromatic carbocycles. The highest BCUT2D eigenvalue weighted by Crippen LogP contribution is 2.35. The molecule has 18 heavy (non-hydrogen) atoms. The summed E-state index contributed by atoms with van der Waals surface area (Å²) in [5.74, 6) is -0.676. The predicted molar refractivity (Wildman–Crippen MR) is 74.0 cm³/mol. The topological polar surface area (TPSA) is 40.5 Å². The standard InChI is InChI=1S/C14H21NO2S/c1-14(2)6-3-7-15(12(14)13(16)17)8-4-11-5-9-18-10-11/h5,9-10,12H,3-4,6-8H2,1-2H3,(H,16,17). The number of carboxylic acid groups (broad SMARTS) is 1. The van der Waals surface area contributed by atoms with E-state index in [0.717, 1.165) is 32.4 Å². The molecule has 2 heterocycles. The van der Waals surface area contributed by atoms with Gasteiger partial charge in [0.05, 0.1) is 0 Å². The summed E-state index contributed by atoms with van der Waals surface area (Å²) >= 11 is 1.70. The van der Waals surface area contributed by atoms with E-state index in [0.29, 0.717) is 0 Å². The van der Waals surface area contributed by atoms with Gasteiger partial charge in [0.1, 0.15) is 6.04 Å². The molecule has 0 radical (unpaired) electrons. The average Bonchev–Trinajstić information content (AvgIpc) is 2.77. The fourth-order valence-corrected chi connectivity index (χ4v) is 3.64. The van der Waals surface area contributed by atoms with E-state index in [1.807, 2.05) is 0 Å². The van der Waals surface area contributed by atoms with Crippen LogP contribution in [0, 0.1) is 5.41 Å². The summed E-state index contributed by atoms with van der Waals surface area (Å²) in [7, 11) is 0. The van der Waals surface area contributed by atoms with Gasteiger partial charge in [-0.3, -0.25) is 9.69 Å². The summed E-state index contributed by atoms with van der Waals surface area (Å²) in [5, 5.41) is 13.7. The van der Waals surface area contributed by atoms with E-state index in [1.165, 1.54) is 5.56 Å². The van der Waals surface area contributed by atoms with Crippen LogP contribution in [-0.4, -0.2) is 35.1 Å². The van der Waals surface area contributed by atoms with E-state index in [4.69, 9.17) is 0 Å². The molecular formula is C14H21NO2S. The predicted octanol–water partition coefficient (Wildman–Crippen LogP) is 2.87. The lowest BCUT2D eigenvalue weighted by molar-refractivity contribution is -0.150. The van der Waals surface area contributed by atoms with Gasteiger partial charge in [-0.1, -0.05) is 13.8 Å². The summed E-state index contributed by atoms with van der Waals surface area (Å²) in [4.78, 5) is 13.6. The molecule has 1 unspecified atom stereocenters. The van der Waals surface area contributed by atoms with Crippen molar-refractivity contribution in [1.82, 2.24) is 4.90 Å². The number of aliphatic carboxylic acids is 1. The van der Waals surface area contributed by atoms with Crippen molar-refractivity contribution in [3.63, 3.8) is 0 Å². The Balaban J connectivity index is 2.03. The van der Waals surface area contributed by atoms with Crippen LogP contribution in [0.5, 0.6) is 0 Å². The van der Waals surface area contributed by atoms with Gasteiger partial charge in [0.25, 0.3) is 0 Å². The van der Waals surface area contributed by atoms with Crippen LogP contribution in [0.2, 0.25) is 0 Å². The second-order valence-electron chi connectivity index (χ2n) is 5.75. The molecule has 1 fully saturated rings. The number of piperidine rings is 1. The quantitative estimate of drug-likeness (QED) is 0.912. The number of carbonyl (C=O) groups is 1. The van der Waals surface area contributed by atoms with Crippen LogP contribution in [0.1, 0.15) is 32.3 Å². The Morgan fingerprint density at radius 3 is 3.00 bits per heavy atom. The first-order chi connectivity index (χ1) is 8.50. The zero-order chi connectivity index (χ0) is 13.2. The van der Waals surface area contributed by atoms with Crippen molar-refractivity contribution in [3.8, 4) is 0 Å². The van der Waals surface area contributed by atoms with Crippen LogP contribution in [0.3, 0.4) is 0 Å². The highest BCUT2D eigenvalue weighted by atomic mass is 32.1. The number of nitrogens with zero attached hydrogens (tertiary/aromatic N) is 1. The smallest absolute Gasteiger partial charge is 0.321 e. The maximum atomic E-state index is 11.5. The third-order valence-electron chi connectivity index (χ3n) is 3.87. The third-order valence-corrected chi connectivity index (χ3v) is 4.61. The number of carboxylic acids is 1. The van der Waals surface area contributed by atoms with Gasteiger partial charge in [-0.2, -0.15) is 11.3 Å². The molecular weight excluding hydrogens is 246 g/mol. The Morgan fingerprint density at radius 2 is 2.39 bits per heavy atom. The number of hydrogen-bond acceptors (Lipinski definition) is 3. The largest absolute Gasteiger partial charge is 0.480 e. The van der Waals surface area contributed by atoms with Crippen LogP contribution in [0.25, 0.3) is 0 Å².